The summed E-state index contributed by atoms with van der Waals surface area (Å²) < 4.78 is 5.39. The van der Waals surface area contributed by atoms with Crippen LogP contribution in [-0.2, 0) is 9.59 Å². The molecule has 1 saturated carbocycles. The summed E-state index contributed by atoms with van der Waals surface area (Å²) in [5.41, 5.74) is -0.0750. The smallest absolute Gasteiger partial charge is 0.273 e. The predicted molar refractivity (Wildman–Crippen MR) is 93.7 cm³/mol. The monoisotopic (exact) mass is 361 g/mol. The van der Waals surface area contributed by atoms with Gasteiger partial charge in [-0.3, -0.25) is 19.7 Å². The lowest BCUT2D eigenvalue weighted by Gasteiger charge is -2.36. The van der Waals surface area contributed by atoms with Gasteiger partial charge in [-0.15, -0.1) is 0 Å². The molecular formula is C18H23N3O5. The third kappa shape index (κ3) is 4.30. The van der Waals surface area contributed by atoms with Crippen molar-refractivity contribution < 1.29 is 19.2 Å². The van der Waals surface area contributed by atoms with Gasteiger partial charge in [0.2, 0.25) is 5.91 Å². The topological polar surface area (TPSA) is 93.0 Å². The van der Waals surface area contributed by atoms with Crippen molar-refractivity contribution in [2.24, 2.45) is 5.92 Å². The summed E-state index contributed by atoms with van der Waals surface area (Å²) in [4.78, 5) is 38.5. The molecule has 0 N–H and O–H groups in total. The number of amides is 2. The van der Waals surface area contributed by atoms with Gasteiger partial charge < -0.3 is 14.5 Å². The number of piperazine rings is 1. The van der Waals surface area contributed by atoms with E-state index in [1.807, 2.05) is 4.90 Å². The van der Waals surface area contributed by atoms with Gasteiger partial charge in [0.05, 0.1) is 11.0 Å². The number of nitro benzene ring substituents is 1. The second kappa shape index (κ2) is 8.16. The zero-order chi connectivity index (χ0) is 18.5. The zero-order valence-corrected chi connectivity index (χ0v) is 14.6. The van der Waals surface area contributed by atoms with Crippen molar-refractivity contribution in [1.82, 2.24) is 9.80 Å². The van der Waals surface area contributed by atoms with Crippen molar-refractivity contribution in [2.45, 2.75) is 25.7 Å². The Labute approximate surface area is 151 Å². The number of nitrogens with zero attached hydrogens (tertiary/aromatic N) is 3. The number of ether oxygens (including phenoxy) is 1. The summed E-state index contributed by atoms with van der Waals surface area (Å²) >= 11 is 0. The highest BCUT2D eigenvalue weighted by Crippen LogP contribution is 2.27. The van der Waals surface area contributed by atoms with E-state index in [1.54, 1.807) is 11.0 Å². The fourth-order valence-electron chi connectivity index (χ4n) is 3.53. The first-order valence-corrected chi connectivity index (χ1v) is 8.98. The van der Waals surface area contributed by atoms with Crippen LogP contribution in [-0.4, -0.2) is 59.3 Å². The van der Waals surface area contributed by atoms with Crippen molar-refractivity contribution in [3.63, 3.8) is 0 Å². The highest BCUT2D eigenvalue weighted by molar-refractivity contribution is 5.80. The van der Waals surface area contributed by atoms with Crippen molar-refractivity contribution in [2.75, 3.05) is 32.8 Å². The number of rotatable bonds is 5. The Kier molecular flexibility index (Phi) is 5.70. The molecule has 1 aromatic rings. The lowest BCUT2D eigenvalue weighted by atomic mass is 10.1. The summed E-state index contributed by atoms with van der Waals surface area (Å²) in [6.45, 7) is 1.93. The van der Waals surface area contributed by atoms with Gasteiger partial charge in [-0.25, -0.2) is 0 Å². The van der Waals surface area contributed by atoms with Crippen LogP contribution in [0, 0.1) is 16.0 Å². The van der Waals surface area contributed by atoms with Crippen LogP contribution < -0.4 is 4.74 Å². The molecule has 2 aliphatic rings. The Morgan fingerprint density at radius 1 is 1.12 bits per heavy atom. The molecule has 1 aliphatic heterocycles. The van der Waals surface area contributed by atoms with Crippen molar-refractivity contribution in [3.05, 3.63) is 34.4 Å². The molecule has 3 rings (SSSR count). The number of hydrogen-bond acceptors (Lipinski definition) is 5. The van der Waals surface area contributed by atoms with E-state index in [1.165, 1.54) is 18.2 Å². The summed E-state index contributed by atoms with van der Waals surface area (Å²) in [6, 6.07) is 5.77. The molecule has 0 atom stereocenters. The molecule has 0 spiro atoms. The average molecular weight is 361 g/mol. The lowest BCUT2D eigenvalue weighted by Crippen LogP contribution is -2.52. The van der Waals surface area contributed by atoms with Crippen LogP contribution >= 0.6 is 0 Å². The summed E-state index contributed by atoms with van der Waals surface area (Å²) in [7, 11) is 0. The van der Waals surface area contributed by atoms with Crippen molar-refractivity contribution in [1.29, 1.82) is 0 Å². The van der Waals surface area contributed by atoms with Gasteiger partial charge >= 0.3 is 0 Å². The van der Waals surface area contributed by atoms with Crippen LogP contribution in [0.5, 0.6) is 5.75 Å². The fourth-order valence-corrected chi connectivity index (χ4v) is 3.53. The largest absolute Gasteiger partial charge is 0.484 e. The molecule has 0 radical (unpaired) electrons. The highest BCUT2D eigenvalue weighted by atomic mass is 16.6. The van der Waals surface area contributed by atoms with Gasteiger partial charge in [-0.1, -0.05) is 18.9 Å². The number of carbonyl (C=O) groups is 2. The van der Waals surface area contributed by atoms with Crippen molar-refractivity contribution >= 4 is 17.5 Å². The molecule has 2 fully saturated rings. The van der Waals surface area contributed by atoms with Gasteiger partial charge in [0.1, 0.15) is 5.75 Å². The second-order valence-electron chi connectivity index (χ2n) is 6.73. The Morgan fingerprint density at radius 2 is 1.77 bits per heavy atom. The molecule has 140 valence electrons. The van der Waals surface area contributed by atoms with Gasteiger partial charge in [0.25, 0.3) is 11.6 Å². The molecule has 8 heteroatoms. The van der Waals surface area contributed by atoms with Gasteiger partial charge in [-0.2, -0.15) is 0 Å². The fraction of sp³-hybridized carbons (Fsp3) is 0.556. The summed E-state index contributed by atoms with van der Waals surface area (Å²) in [5.74, 6) is 0.504. The van der Waals surface area contributed by atoms with E-state index < -0.39 is 4.92 Å². The molecule has 8 nitrogen and oxygen atoms in total. The molecule has 1 aromatic carbocycles. The van der Waals surface area contributed by atoms with Crippen LogP contribution in [0.25, 0.3) is 0 Å². The van der Waals surface area contributed by atoms with E-state index in [4.69, 9.17) is 4.74 Å². The van der Waals surface area contributed by atoms with Crippen LogP contribution in [0.4, 0.5) is 5.69 Å². The van der Waals surface area contributed by atoms with Crippen LogP contribution in [0.15, 0.2) is 24.3 Å². The van der Waals surface area contributed by atoms with Gasteiger partial charge in [0, 0.05) is 38.2 Å². The summed E-state index contributed by atoms with van der Waals surface area (Å²) in [5, 5.41) is 10.8. The average Bonchev–Trinajstić information content (AvgIpc) is 3.20. The Morgan fingerprint density at radius 3 is 2.42 bits per heavy atom. The van der Waals surface area contributed by atoms with E-state index in [9.17, 15) is 19.7 Å². The Balaban J connectivity index is 1.45. The third-order valence-electron chi connectivity index (χ3n) is 5.04. The molecule has 0 unspecified atom stereocenters. The molecule has 0 bridgehead atoms. The molecule has 1 heterocycles. The SMILES string of the molecule is O=C(COc1cccc([N+](=O)[O-])c1)N1CCN(C(=O)C2CCCC2)CC1. The maximum atomic E-state index is 12.4. The quantitative estimate of drug-likeness (QED) is 0.589. The van der Waals surface area contributed by atoms with E-state index in [-0.39, 0.29) is 30.0 Å². The minimum atomic E-state index is -0.505. The van der Waals surface area contributed by atoms with Crippen LogP contribution in [0.3, 0.4) is 0 Å². The third-order valence-corrected chi connectivity index (χ3v) is 5.04. The zero-order valence-electron chi connectivity index (χ0n) is 14.6. The molecule has 0 aromatic heterocycles. The molecule has 1 aliphatic carbocycles. The number of nitro groups is 1. The van der Waals surface area contributed by atoms with E-state index >= 15 is 0 Å². The first kappa shape index (κ1) is 18.2. The highest BCUT2D eigenvalue weighted by Gasteiger charge is 2.30. The minimum absolute atomic E-state index is 0.0750. The van der Waals surface area contributed by atoms with Crippen molar-refractivity contribution in [3.8, 4) is 5.75 Å². The standard InChI is InChI=1S/C18H23N3O5/c22-17(13-26-16-7-3-6-15(12-16)21(24)25)19-8-10-20(11-9-19)18(23)14-4-1-2-5-14/h3,6-7,12,14H,1-2,4-5,8-11,13H2. The number of carbonyl (C=O) groups excluding carboxylic acids is 2. The number of non-ortho nitro benzene ring substituents is 1. The van der Waals surface area contributed by atoms with Gasteiger partial charge in [-0.05, 0) is 18.9 Å². The molecule has 1 saturated heterocycles. The Bertz CT molecular complexity index is 679. The first-order chi connectivity index (χ1) is 12.5. The van der Waals surface area contributed by atoms with E-state index in [0.29, 0.717) is 31.9 Å². The van der Waals surface area contributed by atoms with Crippen LogP contribution in [0.2, 0.25) is 0 Å². The van der Waals surface area contributed by atoms with Crippen LogP contribution in [0.1, 0.15) is 25.7 Å². The maximum absolute atomic E-state index is 12.4. The van der Waals surface area contributed by atoms with E-state index in [2.05, 4.69) is 0 Å². The summed E-state index contributed by atoms with van der Waals surface area (Å²) in [6.07, 6.45) is 4.22. The Hall–Kier alpha value is -2.64. The molecule has 2 amide bonds. The second-order valence-corrected chi connectivity index (χ2v) is 6.73. The first-order valence-electron chi connectivity index (χ1n) is 8.98. The maximum Gasteiger partial charge on any atom is 0.273 e. The number of hydrogen-bond donors (Lipinski definition) is 0. The van der Waals surface area contributed by atoms with E-state index in [0.717, 1.165) is 25.7 Å². The minimum Gasteiger partial charge on any atom is -0.484 e. The lowest BCUT2D eigenvalue weighted by molar-refractivity contribution is -0.384. The molecular weight excluding hydrogens is 338 g/mol. The normalized spacial score (nSPS) is 18.0. The number of benzene rings is 1. The van der Waals surface area contributed by atoms with Gasteiger partial charge in [0.15, 0.2) is 6.61 Å². The molecule has 26 heavy (non-hydrogen) atoms. The predicted octanol–water partition coefficient (Wildman–Crippen LogP) is 1.83.